The van der Waals surface area contributed by atoms with Crippen LogP contribution in [0.15, 0.2) is 12.1 Å². The van der Waals surface area contributed by atoms with Gasteiger partial charge in [0.1, 0.15) is 12.4 Å². The Bertz CT molecular complexity index is 278. The Hall–Kier alpha value is -1.03. The van der Waals surface area contributed by atoms with Gasteiger partial charge in [-0.1, -0.05) is 0 Å². The van der Waals surface area contributed by atoms with Gasteiger partial charge in [0.05, 0.1) is 12.3 Å². The molecule has 1 aromatic heterocycles. The molecule has 0 bridgehead atoms. The van der Waals surface area contributed by atoms with E-state index in [1.807, 2.05) is 26.9 Å². The molecule has 0 saturated carbocycles. The van der Waals surface area contributed by atoms with Gasteiger partial charge in [-0.15, -0.1) is 0 Å². The molecular formula is C9H14BNO2. The van der Waals surface area contributed by atoms with Crippen LogP contribution in [0.2, 0.25) is 0 Å². The molecule has 0 aromatic carbocycles. The van der Waals surface area contributed by atoms with Crippen LogP contribution in [-0.2, 0) is 4.74 Å². The van der Waals surface area contributed by atoms with Gasteiger partial charge in [-0.2, -0.15) is 0 Å². The largest absolute Gasteiger partial charge is 0.489 e. The molecule has 0 fully saturated rings. The van der Waals surface area contributed by atoms with Crippen LogP contribution in [0.4, 0.5) is 0 Å². The number of ether oxygens (including phenoxy) is 2. The number of hydrogen-bond donors (Lipinski definition) is 0. The summed E-state index contributed by atoms with van der Waals surface area (Å²) in [7, 11) is 3.62. The van der Waals surface area contributed by atoms with E-state index in [9.17, 15) is 0 Å². The van der Waals surface area contributed by atoms with Crippen molar-refractivity contribution in [3.8, 4) is 5.75 Å². The van der Waals surface area contributed by atoms with Crippen molar-refractivity contribution in [3.63, 3.8) is 0 Å². The first kappa shape index (κ1) is 10.1. The highest BCUT2D eigenvalue weighted by Gasteiger charge is 1.99. The SMILES string of the molecule is Bc1ccc(OCCOC)c(C)n1. The number of methoxy groups -OCH3 is 1. The summed E-state index contributed by atoms with van der Waals surface area (Å²) in [5.41, 5.74) is 1.94. The molecule has 70 valence electrons. The van der Waals surface area contributed by atoms with Crippen molar-refractivity contribution in [1.29, 1.82) is 0 Å². The summed E-state index contributed by atoms with van der Waals surface area (Å²) in [6.45, 7) is 3.12. The van der Waals surface area contributed by atoms with Crippen LogP contribution in [-0.4, -0.2) is 33.2 Å². The number of aryl methyl sites for hydroxylation is 1. The summed E-state index contributed by atoms with van der Waals surface area (Å²) < 4.78 is 10.3. The van der Waals surface area contributed by atoms with Gasteiger partial charge in [-0.3, -0.25) is 4.98 Å². The van der Waals surface area contributed by atoms with Crippen LogP contribution in [0.3, 0.4) is 0 Å². The summed E-state index contributed by atoms with van der Waals surface area (Å²) in [5.74, 6) is 0.836. The first-order valence-corrected chi connectivity index (χ1v) is 4.30. The molecule has 0 N–H and O–H groups in total. The lowest BCUT2D eigenvalue weighted by Crippen LogP contribution is -2.11. The summed E-state index contributed by atoms with van der Waals surface area (Å²) in [4.78, 5) is 4.29. The van der Waals surface area contributed by atoms with Crippen LogP contribution in [0.1, 0.15) is 5.69 Å². The van der Waals surface area contributed by atoms with Gasteiger partial charge < -0.3 is 9.47 Å². The molecule has 1 rings (SSSR count). The van der Waals surface area contributed by atoms with E-state index in [1.165, 1.54) is 0 Å². The first-order chi connectivity index (χ1) is 6.24. The van der Waals surface area contributed by atoms with E-state index in [1.54, 1.807) is 7.11 Å². The molecule has 0 aliphatic heterocycles. The average molecular weight is 179 g/mol. The van der Waals surface area contributed by atoms with Gasteiger partial charge in [0, 0.05) is 7.11 Å². The van der Waals surface area contributed by atoms with E-state index < -0.39 is 0 Å². The third-order valence-electron chi connectivity index (χ3n) is 1.72. The molecule has 0 radical (unpaired) electrons. The van der Waals surface area contributed by atoms with Crippen molar-refractivity contribution < 1.29 is 9.47 Å². The van der Waals surface area contributed by atoms with Gasteiger partial charge in [0.15, 0.2) is 7.85 Å². The maximum absolute atomic E-state index is 5.44. The van der Waals surface area contributed by atoms with Crippen molar-refractivity contribution >= 4 is 13.4 Å². The molecule has 0 saturated heterocycles. The lowest BCUT2D eigenvalue weighted by molar-refractivity contribution is 0.145. The van der Waals surface area contributed by atoms with Crippen LogP contribution in [0.5, 0.6) is 5.75 Å². The molecule has 0 aliphatic rings. The zero-order chi connectivity index (χ0) is 9.68. The second-order valence-electron chi connectivity index (χ2n) is 2.88. The van der Waals surface area contributed by atoms with E-state index in [0.717, 1.165) is 17.0 Å². The van der Waals surface area contributed by atoms with E-state index in [2.05, 4.69) is 4.98 Å². The molecular weight excluding hydrogens is 165 g/mol. The molecule has 1 heterocycles. The second-order valence-corrected chi connectivity index (χ2v) is 2.88. The van der Waals surface area contributed by atoms with Crippen molar-refractivity contribution in [2.75, 3.05) is 20.3 Å². The number of rotatable bonds is 4. The summed E-state index contributed by atoms with van der Waals surface area (Å²) in [6, 6.07) is 3.88. The highest BCUT2D eigenvalue weighted by Crippen LogP contribution is 2.11. The van der Waals surface area contributed by atoms with Crippen molar-refractivity contribution in [3.05, 3.63) is 17.8 Å². The average Bonchev–Trinajstić information content (AvgIpc) is 2.09. The van der Waals surface area contributed by atoms with Gasteiger partial charge in [0.2, 0.25) is 0 Å². The minimum absolute atomic E-state index is 0.572. The topological polar surface area (TPSA) is 31.4 Å². The first-order valence-electron chi connectivity index (χ1n) is 4.30. The normalized spacial score (nSPS) is 10.0. The van der Waals surface area contributed by atoms with E-state index in [4.69, 9.17) is 9.47 Å². The zero-order valence-corrected chi connectivity index (χ0v) is 8.33. The number of hydrogen-bond acceptors (Lipinski definition) is 3. The van der Waals surface area contributed by atoms with Gasteiger partial charge in [-0.25, -0.2) is 0 Å². The number of pyridine rings is 1. The predicted octanol–water partition coefficient (Wildman–Crippen LogP) is -0.326. The monoisotopic (exact) mass is 179 g/mol. The summed E-state index contributed by atoms with van der Waals surface area (Å²) in [5, 5.41) is 0. The molecule has 4 heteroatoms. The molecule has 1 aromatic rings. The van der Waals surface area contributed by atoms with E-state index in [0.29, 0.717) is 13.2 Å². The Balaban J connectivity index is 2.56. The van der Waals surface area contributed by atoms with Gasteiger partial charge in [0.25, 0.3) is 0 Å². The number of aromatic nitrogens is 1. The maximum Gasteiger partial charge on any atom is 0.163 e. The third-order valence-corrected chi connectivity index (χ3v) is 1.72. The smallest absolute Gasteiger partial charge is 0.163 e. The Labute approximate surface area is 79.5 Å². The molecule has 3 nitrogen and oxygen atoms in total. The fourth-order valence-corrected chi connectivity index (χ4v) is 1.06. The third kappa shape index (κ3) is 3.07. The van der Waals surface area contributed by atoms with E-state index >= 15 is 0 Å². The molecule has 0 atom stereocenters. The predicted molar refractivity (Wildman–Crippen MR) is 54.5 cm³/mol. The Kier molecular flexibility index (Phi) is 3.77. The van der Waals surface area contributed by atoms with Crippen molar-refractivity contribution in [2.24, 2.45) is 0 Å². The minimum Gasteiger partial charge on any atom is -0.489 e. The van der Waals surface area contributed by atoms with Crippen molar-refractivity contribution in [2.45, 2.75) is 6.92 Å². The summed E-state index contributed by atoms with van der Waals surface area (Å²) >= 11 is 0. The van der Waals surface area contributed by atoms with Gasteiger partial charge in [-0.05, 0) is 24.6 Å². The van der Waals surface area contributed by atoms with Gasteiger partial charge >= 0.3 is 0 Å². The maximum atomic E-state index is 5.44. The molecule has 0 aliphatic carbocycles. The Morgan fingerprint density at radius 3 is 2.77 bits per heavy atom. The molecule has 0 spiro atoms. The quantitative estimate of drug-likeness (QED) is 0.468. The van der Waals surface area contributed by atoms with Crippen LogP contribution in [0.25, 0.3) is 0 Å². The zero-order valence-electron chi connectivity index (χ0n) is 8.33. The minimum atomic E-state index is 0.572. The highest BCUT2D eigenvalue weighted by molar-refractivity contribution is 6.30. The fourth-order valence-electron chi connectivity index (χ4n) is 1.06. The molecule has 0 unspecified atom stereocenters. The highest BCUT2D eigenvalue weighted by atomic mass is 16.5. The Morgan fingerprint density at radius 1 is 1.38 bits per heavy atom. The Morgan fingerprint density at radius 2 is 2.15 bits per heavy atom. The summed E-state index contributed by atoms with van der Waals surface area (Å²) in [6.07, 6.45) is 0. The second kappa shape index (κ2) is 4.87. The standard InChI is InChI=1S/C9H14BNO2/c1-7-8(13-6-5-12-2)3-4-9(10)11-7/h3-4H,5-6,10H2,1-2H3. The fraction of sp³-hybridized carbons (Fsp3) is 0.444. The van der Waals surface area contributed by atoms with Crippen LogP contribution in [0, 0.1) is 6.92 Å². The van der Waals surface area contributed by atoms with Crippen LogP contribution >= 0.6 is 0 Å². The lowest BCUT2D eigenvalue weighted by atomic mass is 10.0. The van der Waals surface area contributed by atoms with Crippen molar-refractivity contribution in [1.82, 2.24) is 4.98 Å². The van der Waals surface area contributed by atoms with E-state index in [-0.39, 0.29) is 0 Å². The molecule has 13 heavy (non-hydrogen) atoms. The molecule has 0 amide bonds. The lowest BCUT2D eigenvalue weighted by Gasteiger charge is -2.07. The van der Waals surface area contributed by atoms with Crippen LogP contribution < -0.4 is 10.3 Å². The number of nitrogens with zero attached hydrogens (tertiary/aromatic N) is 1.